The van der Waals surface area contributed by atoms with E-state index in [2.05, 4.69) is 20.7 Å². The zero-order valence-corrected chi connectivity index (χ0v) is 12.7. The molecular formula is C14H20N3O2S+. The summed E-state index contributed by atoms with van der Waals surface area (Å²) in [6, 6.07) is 7.52. The number of hydrogen-bond donors (Lipinski definition) is 1. The van der Waals surface area contributed by atoms with Crippen molar-refractivity contribution in [2.75, 3.05) is 31.2 Å². The van der Waals surface area contributed by atoms with Gasteiger partial charge in [0.05, 0.1) is 12.8 Å². The molecule has 1 N–H and O–H groups in total. The third kappa shape index (κ3) is 4.72. The lowest BCUT2D eigenvalue weighted by atomic mass is 10.1. The molecule has 0 radical (unpaired) electrons. The van der Waals surface area contributed by atoms with Gasteiger partial charge in [0.2, 0.25) is 10.0 Å². The first kappa shape index (κ1) is 14.6. The normalized spacial score (nSPS) is 14.5. The summed E-state index contributed by atoms with van der Waals surface area (Å²) in [5.74, 6) is 0. The fourth-order valence-corrected chi connectivity index (χ4v) is 2.66. The number of anilines is 1. The zero-order valence-electron chi connectivity index (χ0n) is 11.8. The lowest BCUT2D eigenvalue weighted by Crippen LogP contribution is -2.23. The summed E-state index contributed by atoms with van der Waals surface area (Å²) < 4.78 is 24.7. The van der Waals surface area contributed by atoms with Gasteiger partial charge in [-0.05, 0) is 30.5 Å². The van der Waals surface area contributed by atoms with Crippen LogP contribution in [0.5, 0.6) is 0 Å². The molecule has 1 heterocycles. The molecule has 0 bridgehead atoms. The van der Waals surface area contributed by atoms with Crippen molar-refractivity contribution in [1.82, 2.24) is 9.80 Å². The van der Waals surface area contributed by atoms with Gasteiger partial charge in [-0.3, -0.25) is 4.72 Å². The Hall–Kier alpha value is -1.78. The summed E-state index contributed by atoms with van der Waals surface area (Å²) in [5, 5.41) is 0. The van der Waals surface area contributed by atoms with Crippen molar-refractivity contribution in [3.05, 3.63) is 42.2 Å². The van der Waals surface area contributed by atoms with Gasteiger partial charge in [-0.1, -0.05) is 12.1 Å². The van der Waals surface area contributed by atoms with Crippen LogP contribution in [0.1, 0.15) is 12.0 Å². The fraction of sp³-hybridized carbons (Fsp3) is 0.429. The van der Waals surface area contributed by atoms with Crippen LogP contribution in [-0.4, -0.2) is 44.7 Å². The Morgan fingerprint density at radius 2 is 2.00 bits per heavy atom. The largest absolute Gasteiger partial charge is 0.391 e. The van der Waals surface area contributed by atoms with Crippen LogP contribution in [0.3, 0.4) is 0 Å². The molecule has 0 aromatic heterocycles. The fourth-order valence-electron chi connectivity index (χ4n) is 2.09. The van der Waals surface area contributed by atoms with Gasteiger partial charge in [0.1, 0.15) is 6.67 Å². The highest BCUT2D eigenvalue weighted by Crippen LogP contribution is 2.13. The second kappa shape index (κ2) is 6.11. The first-order valence-electron chi connectivity index (χ1n) is 6.54. The Kier molecular flexibility index (Phi) is 4.47. The van der Waals surface area contributed by atoms with E-state index in [-0.39, 0.29) is 0 Å². The molecule has 1 aliphatic rings. The second-order valence-electron chi connectivity index (χ2n) is 5.09. The minimum Gasteiger partial charge on any atom is -0.314 e. The monoisotopic (exact) mass is 294 g/mol. The molecule has 0 atom stereocenters. The number of nitrogens with zero attached hydrogens (tertiary/aromatic N) is 2. The molecule has 0 saturated carbocycles. The van der Waals surface area contributed by atoms with Crippen LogP contribution in [0.15, 0.2) is 30.5 Å². The molecular weight excluding hydrogens is 274 g/mol. The van der Waals surface area contributed by atoms with E-state index in [9.17, 15) is 8.42 Å². The van der Waals surface area contributed by atoms with Crippen LogP contribution in [0, 0.1) is 6.20 Å². The van der Waals surface area contributed by atoms with Crippen molar-refractivity contribution >= 4 is 15.7 Å². The number of benzene rings is 1. The quantitative estimate of drug-likeness (QED) is 0.807. The molecule has 0 amide bonds. The predicted molar refractivity (Wildman–Crippen MR) is 80.4 cm³/mol. The molecule has 1 aliphatic heterocycles. The number of nitrogens with one attached hydrogen (secondary N) is 1. The lowest BCUT2D eigenvalue weighted by Gasteiger charge is -2.09. The number of aryl methyl sites for hydroxylation is 1. The Balaban J connectivity index is 1.78. The Labute approximate surface area is 120 Å². The first-order chi connectivity index (χ1) is 9.42. The molecule has 108 valence electrons. The third-order valence-electron chi connectivity index (χ3n) is 3.01. The maximum absolute atomic E-state index is 11.1. The molecule has 1 aromatic rings. The minimum absolute atomic E-state index is 0.605. The third-order valence-corrected chi connectivity index (χ3v) is 3.61. The summed E-state index contributed by atoms with van der Waals surface area (Å²) in [6.45, 7) is 1.88. The summed E-state index contributed by atoms with van der Waals surface area (Å²) in [4.78, 5) is 4.24. The van der Waals surface area contributed by atoms with Crippen LogP contribution >= 0.6 is 0 Å². The topological polar surface area (TPSA) is 52.6 Å². The van der Waals surface area contributed by atoms with Crippen LogP contribution in [0.4, 0.5) is 5.69 Å². The average Bonchev–Trinajstić information content (AvgIpc) is 2.75. The van der Waals surface area contributed by atoms with E-state index in [4.69, 9.17) is 0 Å². The maximum atomic E-state index is 11.1. The van der Waals surface area contributed by atoms with Crippen LogP contribution in [0.25, 0.3) is 0 Å². The highest BCUT2D eigenvalue weighted by atomic mass is 32.2. The molecule has 2 rings (SSSR count). The van der Waals surface area contributed by atoms with Crippen molar-refractivity contribution in [3.63, 3.8) is 0 Å². The molecule has 0 fully saturated rings. The molecule has 1 aromatic carbocycles. The number of rotatable bonds is 6. The van der Waals surface area contributed by atoms with Gasteiger partial charge in [0.25, 0.3) is 6.20 Å². The van der Waals surface area contributed by atoms with E-state index >= 15 is 0 Å². The summed E-state index contributed by atoms with van der Waals surface area (Å²) in [7, 11) is -1.17. The van der Waals surface area contributed by atoms with Crippen LogP contribution < -0.4 is 4.72 Å². The first-order valence-corrected chi connectivity index (χ1v) is 8.43. The van der Waals surface area contributed by atoms with Crippen LogP contribution in [0.2, 0.25) is 0 Å². The van der Waals surface area contributed by atoms with Crippen molar-refractivity contribution < 1.29 is 8.42 Å². The highest BCUT2D eigenvalue weighted by molar-refractivity contribution is 7.92. The highest BCUT2D eigenvalue weighted by Gasteiger charge is 2.20. The minimum atomic E-state index is -3.20. The van der Waals surface area contributed by atoms with E-state index in [1.165, 1.54) is 5.56 Å². The van der Waals surface area contributed by atoms with Crippen molar-refractivity contribution in [2.45, 2.75) is 12.8 Å². The Morgan fingerprint density at radius 3 is 2.55 bits per heavy atom. The van der Waals surface area contributed by atoms with E-state index in [0.717, 1.165) is 32.3 Å². The Bertz CT molecular complexity index is 567. The lowest BCUT2D eigenvalue weighted by molar-refractivity contribution is 0.286. The number of hydrogen-bond acceptors (Lipinski definition) is 4. The molecule has 6 heteroatoms. The SMILES string of the molecule is CN1C=[C+]N(CCCc2ccc(NS(C)(=O)=O)cc2)C1. The van der Waals surface area contributed by atoms with E-state index < -0.39 is 10.0 Å². The van der Waals surface area contributed by atoms with Gasteiger partial charge >= 0.3 is 6.20 Å². The molecule has 0 spiro atoms. The van der Waals surface area contributed by atoms with Crippen molar-refractivity contribution in [1.29, 1.82) is 0 Å². The smallest absolute Gasteiger partial charge is 0.314 e. The van der Waals surface area contributed by atoms with Gasteiger partial charge in [0, 0.05) is 12.7 Å². The van der Waals surface area contributed by atoms with Gasteiger partial charge in [-0.2, -0.15) is 4.90 Å². The van der Waals surface area contributed by atoms with Gasteiger partial charge < -0.3 is 4.90 Å². The standard InChI is InChI=1S/C14H20N3O2S/c1-16-10-11-17(12-16)9-3-4-13-5-7-14(8-6-13)15-20(2,18)19/h5-8,10,15H,3-4,9,12H2,1-2H3/q+1. The predicted octanol–water partition coefficient (Wildman–Crippen LogP) is 1.47. The zero-order chi connectivity index (χ0) is 14.6. The molecule has 0 unspecified atom stereocenters. The van der Waals surface area contributed by atoms with E-state index in [1.807, 2.05) is 25.4 Å². The van der Waals surface area contributed by atoms with E-state index in [1.54, 1.807) is 12.1 Å². The summed E-state index contributed by atoms with van der Waals surface area (Å²) in [6.07, 6.45) is 8.31. The molecule has 0 saturated heterocycles. The second-order valence-corrected chi connectivity index (χ2v) is 6.84. The molecule has 20 heavy (non-hydrogen) atoms. The summed E-state index contributed by atoms with van der Waals surface area (Å²) in [5.41, 5.74) is 1.81. The Morgan fingerprint density at radius 1 is 1.30 bits per heavy atom. The molecule has 5 nitrogen and oxygen atoms in total. The molecule has 0 aliphatic carbocycles. The average molecular weight is 294 g/mol. The number of sulfonamides is 1. The van der Waals surface area contributed by atoms with Gasteiger partial charge in [0.15, 0.2) is 0 Å². The van der Waals surface area contributed by atoms with Crippen molar-refractivity contribution in [2.24, 2.45) is 0 Å². The van der Waals surface area contributed by atoms with Gasteiger partial charge in [-0.25, -0.2) is 8.42 Å². The van der Waals surface area contributed by atoms with Crippen LogP contribution in [-0.2, 0) is 16.4 Å². The summed E-state index contributed by atoms with van der Waals surface area (Å²) >= 11 is 0. The van der Waals surface area contributed by atoms with Crippen molar-refractivity contribution in [3.8, 4) is 0 Å². The van der Waals surface area contributed by atoms with E-state index in [0.29, 0.717) is 5.69 Å². The maximum Gasteiger partial charge on any atom is 0.391 e. The van der Waals surface area contributed by atoms with Gasteiger partial charge in [-0.15, -0.1) is 0 Å².